The van der Waals surface area contributed by atoms with Gasteiger partial charge in [0.15, 0.2) is 0 Å². The molecular weight excluding hydrogens is 407 g/mol. The molecule has 0 saturated heterocycles. The van der Waals surface area contributed by atoms with Gasteiger partial charge in [0.25, 0.3) is 5.91 Å². The number of imide groups is 1. The van der Waals surface area contributed by atoms with Crippen molar-refractivity contribution in [2.75, 3.05) is 19.2 Å². The van der Waals surface area contributed by atoms with E-state index in [1.165, 1.54) is 12.1 Å². The monoisotopic (exact) mass is 420 g/mol. The number of carbonyl (C=O) groups is 2. The lowest BCUT2D eigenvalue weighted by molar-refractivity contribution is -0.0328. The first-order valence-corrected chi connectivity index (χ1v) is 8.35. The minimum Gasteiger partial charge on any atom is -0.364 e. The van der Waals surface area contributed by atoms with E-state index < -0.39 is 41.4 Å². The summed E-state index contributed by atoms with van der Waals surface area (Å²) >= 11 is -0.332. The van der Waals surface area contributed by atoms with Gasteiger partial charge < -0.3 is 10.1 Å². The van der Waals surface area contributed by atoms with Gasteiger partial charge in [0.1, 0.15) is 23.9 Å². The lowest BCUT2D eigenvalue weighted by atomic mass is 10.1. The van der Waals surface area contributed by atoms with Crippen LogP contribution in [0.25, 0.3) is 0 Å². The van der Waals surface area contributed by atoms with Crippen molar-refractivity contribution in [1.82, 2.24) is 4.90 Å². The Labute approximate surface area is 160 Å². The van der Waals surface area contributed by atoms with Crippen molar-refractivity contribution in [2.24, 2.45) is 0 Å². The summed E-state index contributed by atoms with van der Waals surface area (Å²) in [6.07, 6.45) is 0. The molecule has 0 atom stereocenters. The van der Waals surface area contributed by atoms with Crippen LogP contribution in [0.3, 0.4) is 0 Å². The zero-order valence-electron chi connectivity index (χ0n) is 14.2. The number of ether oxygens (including phenoxy) is 1. The second-order valence-corrected chi connectivity index (χ2v) is 6.39. The number of thioether (sulfide) groups is 1. The highest BCUT2D eigenvalue weighted by Gasteiger charge is 2.30. The van der Waals surface area contributed by atoms with Crippen molar-refractivity contribution < 1.29 is 36.3 Å². The maximum Gasteiger partial charge on any atom is 0.446 e. The molecule has 0 aliphatic carbocycles. The van der Waals surface area contributed by atoms with E-state index >= 15 is 0 Å². The van der Waals surface area contributed by atoms with E-state index in [1.807, 2.05) is 0 Å². The van der Waals surface area contributed by atoms with Gasteiger partial charge in [-0.2, -0.15) is 13.2 Å². The molecule has 3 amide bonds. The number of hydrogen-bond acceptors (Lipinski definition) is 4. The Kier molecular flexibility index (Phi) is 6.97. The van der Waals surface area contributed by atoms with Crippen molar-refractivity contribution in [2.45, 2.75) is 10.4 Å². The molecule has 11 heteroatoms. The average molecular weight is 420 g/mol. The Balaban J connectivity index is 2.18. The number of benzene rings is 2. The summed E-state index contributed by atoms with van der Waals surface area (Å²) in [5.41, 5.74) is -5.33. The van der Waals surface area contributed by atoms with Crippen LogP contribution in [-0.2, 0) is 4.74 Å². The SMILES string of the molecule is COCN(C(=O)Nc1ccc(SC(F)(F)F)cc1)C(=O)c1c(F)cccc1F. The Morgan fingerprint density at radius 1 is 1.07 bits per heavy atom. The van der Waals surface area contributed by atoms with Gasteiger partial charge >= 0.3 is 11.5 Å². The van der Waals surface area contributed by atoms with Crippen molar-refractivity contribution in [3.05, 3.63) is 59.7 Å². The van der Waals surface area contributed by atoms with Crippen molar-refractivity contribution in [3.8, 4) is 0 Å². The van der Waals surface area contributed by atoms with Gasteiger partial charge in [0, 0.05) is 17.7 Å². The second kappa shape index (κ2) is 9.02. The Morgan fingerprint density at radius 3 is 2.14 bits per heavy atom. The molecule has 0 unspecified atom stereocenters. The standard InChI is InChI=1S/C17H13F5N2O3S/c1-27-9-24(15(25)14-12(18)3-2-4-13(14)19)16(26)23-10-5-7-11(8-6-10)28-17(20,21)22/h2-8H,9H2,1H3,(H,23,26). The van der Waals surface area contributed by atoms with Gasteiger partial charge in [0.2, 0.25) is 0 Å². The van der Waals surface area contributed by atoms with Crippen molar-refractivity contribution in [1.29, 1.82) is 0 Å². The average Bonchev–Trinajstić information content (AvgIpc) is 2.59. The van der Waals surface area contributed by atoms with Crippen molar-refractivity contribution >= 4 is 29.4 Å². The first-order chi connectivity index (χ1) is 13.1. The maximum absolute atomic E-state index is 13.8. The van der Waals surface area contributed by atoms with E-state index in [0.29, 0.717) is 4.90 Å². The molecule has 0 saturated carbocycles. The van der Waals surface area contributed by atoms with Crippen LogP contribution >= 0.6 is 11.8 Å². The van der Waals surface area contributed by atoms with E-state index in [0.717, 1.165) is 37.4 Å². The van der Waals surface area contributed by atoms with E-state index in [2.05, 4.69) is 5.32 Å². The molecule has 1 N–H and O–H groups in total. The number of alkyl halides is 3. The number of rotatable bonds is 5. The lowest BCUT2D eigenvalue weighted by Gasteiger charge is -2.21. The summed E-state index contributed by atoms with van der Waals surface area (Å²) in [6, 6.07) is 6.30. The Morgan fingerprint density at radius 2 is 1.64 bits per heavy atom. The Hall–Kier alpha value is -2.66. The van der Waals surface area contributed by atoms with Crippen LogP contribution in [0.2, 0.25) is 0 Å². The normalized spacial score (nSPS) is 11.2. The third kappa shape index (κ3) is 5.67. The Bertz CT molecular complexity index is 839. The summed E-state index contributed by atoms with van der Waals surface area (Å²) in [4.78, 5) is 25.0. The molecule has 2 aromatic rings. The molecule has 2 rings (SSSR count). The third-order valence-electron chi connectivity index (χ3n) is 3.26. The van der Waals surface area contributed by atoms with E-state index in [4.69, 9.17) is 4.74 Å². The maximum atomic E-state index is 13.8. The molecule has 0 bridgehead atoms. The highest BCUT2D eigenvalue weighted by molar-refractivity contribution is 8.00. The zero-order valence-corrected chi connectivity index (χ0v) is 15.0. The van der Waals surface area contributed by atoms with E-state index in [-0.39, 0.29) is 22.3 Å². The number of nitrogens with zero attached hydrogens (tertiary/aromatic N) is 1. The number of halogens is 5. The summed E-state index contributed by atoms with van der Waals surface area (Å²) in [6.45, 7) is -0.611. The first-order valence-electron chi connectivity index (χ1n) is 7.54. The molecule has 5 nitrogen and oxygen atoms in total. The van der Waals surface area contributed by atoms with Crippen LogP contribution < -0.4 is 5.32 Å². The quantitative estimate of drug-likeness (QED) is 0.427. The molecule has 0 aromatic heterocycles. The highest BCUT2D eigenvalue weighted by Crippen LogP contribution is 2.37. The largest absolute Gasteiger partial charge is 0.446 e. The fourth-order valence-corrected chi connectivity index (χ4v) is 2.65. The van der Waals surface area contributed by atoms with Gasteiger partial charge in [-0.15, -0.1) is 0 Å². The molecule has 0 heterocycles. The number of methoxy groups -OCH3 is 1. The summed E-state index contributed by atoms with van der Waals surface area (Å²) in [5.74, 6) is -3.60. The molecule has 0 fully saturated rings. The van der Waals surface area contributed by atoms with E-state index in [1.54, 1.807) is 0 Å². The van der Waals surface area contributed by atoms with Gasteiger partial charge in [-0.05, 0) is 48.2 Å². The van der Waals surface area contributed by atoms with Gasteiger partial charge in [0.05, 0.1) is 0 Å². The van der Waals surface area contributed by atoms with E-state index in [9.17, 15) is 31.5 Å². The topological polar surface area (TPSA) is 58.6 Å². The van der Waals surface area contributed by atoms with Crippen LogP contribution in [0, 0.1) is 11.6 Å². The van der Waals surface area contributed by atoms with Crippen LogP contribution in [0.5, 0.6) is 0 Å². The van der Waals surface area contributed by atoms with Crippen LogP contribution in [-0.4, -0.2) is 36.2 Å². The molecule has 0 spiro atoms. The van der Waals surface area contributed by atoms with Crippen LogP contribution in [0.1, 0.15) is 10.4 Å². The minimum atomic E-state index is -4.46. The third-order valence-corrected chi connectivity index (χ3v) is 4.00. The summed E-state index contributed by atoms with van der Waals surface area (Å²) < 4.78 is 69.4. The number of carbonyl (C=O) groups excluding carboxylic acids is 2. The smallest absolute Gasteiger partial charge is 0.364 e. The van der Waals surface area contributed by atoms with Crippen LogP contribution in [0.15, 0.2) is 47.4 Å². The number of nitrogens with one attached hydrogen (secondary N) is 1. The van der Waals surface area contributed by atoms with Gasteiger partial charge in [-0.3, -0.25) is 4.79 Å². The van der Waals surface area contributed by atoms with Crippen molar-refractivity contribution in [3.63, 3.8) is 0 Å². The van der Waals surface area contributed by atoms with Crippen LogP contribution in [0.4, 0.5) is 32.4 Å². The molecule has 2 aromatic carbocycles. The van der Waals surface area contributed by atoms with Gasteiger partial charge in [-0.25, -0.2) is 18.5 Å². The fourth-order valence-electron chi connectivity index (χ4n) is 2.11. The number of urea groups is 1. The number of amides is 3. The molecule has 0 aliphatic heterocycles. The molecule has 0 radical (unpaired) electrons. The zero-order chi connectivity index (χ0) is 20.9. The summed E-state index contributed by atoms with van der Waals surface area (Å²) in [5, 5.41) is 2.26. The molecule has 28 heavy (non-hydrogen) atoms. The second-order valence-electron chi connectivity index (χ2n) is 5.25. The fraction of sp³-hybridized carbons (Fsp3) is 0.176. The molecular formula is C17H13F5N2O3S. The van der Waals surface area contributed by atoms with Gasteiger partial charge in [-0.1, -0.05) is 6.07 Å². The highest BCUT2D eigenvalue weighted by atomic mass is 32.2. The number of hydrogen-bond donors (Lipinski definition) is 1. The minimum absolute atomic E-state index is 0.0689. The predicted octanol–water partition coefficient (Wildman–Crippen LogP) is 4.85. The lowest BCUT2D eigenvalue weighted by Crippen LogP contribution is -2.42. The molecule has 150 valence electrons. The predicted molar refractivity (Wildman–Crippen MR) is 91.8 cm³/mol. The first kappa shape index (κ1) is 21.6. The summed E-state index contributed by atoms with van der Waals surface area (Å²) in [7, 11) is 1.16. The molecule has 0 aliphatic rings. The number of anilines is 1.